The first kappa shape index (κ1) is 25.8. The fraction of sp³-hybridized carbons (Fsp3) is 0.280. The number of aromatic nitrogens is 2. The zero-order valence-electron chi connectivity index (χ0n) is 20.1. The Morgan fingerprint density at radius 2 is 1.74 bits per heavy atom. The summed E-state index contributed by atoms with van der Waals surface area (Å²) in [5.41, 5.74) is 0.665. The second kappa shape index (κ2) is 11.6. The van der Waals surface area contributed by atoms with Crippen molar-refractivity contribution in [2.24, 2.45) is 19.1 Å². The number of ether oxygens (including phenoxy) is 1. The standard InChI is InChI=1S/C25H28N4O5S/c1-5-16-9-7-8-10-19(16)27-20(30)15-35-22(26-17-11-13-18(14-12-17)34-6-2)21-23(31)28(3)25(33)29(4)24(21)32/h7-14,31H,5-6,15H2,1-4H3,(H,27,30). The molecular formula is C25H28N4O5S. The molecular weight excluding hydrogens is 468 g/mol. The van der Waals surface area contributed by atoms with Crippen LogP contribution in [0, 0.1) is 0 Å². The number of hydrogen-bond donors (Lipinski definition) is 2. The number of carbonyl (C=O) groups excluding carboxylic acids is 1. The quantitative estimate of drug-likeness (QED) is 0.366. The topological polar surface area (TPSA) is 115 Å². The summed E-state index contributed by atoms with van der Waals surface area (Å²) in [4.78, 5) is 42.4. The lowest BCUT2D eigenvalue weighted by Crippen LogP contribution is -2.39. The fourth-order valence-corrected chi connectivity index (χ4v) is 4.19. The van der Waals surface area contributed by atoms with Crippen molar-refractivity contribution in [3.8, 4) is 11.6 Å². The van der Waals surface area contributed by atoms with Gasteiger partial charge in [-0.3, -0.25) is 18.7 Å². The van der Waals surface area contributed by atoms with E-state index in [4.69, 9.17) is 4.74 Å². The third-order valence-corrected chi connectivity index (χ3v) is 6.21. The average molecular weight is 497 g/mol. The van der Waals surface area contributed by atoms with E-state index in [0.29, 0.717) is 23.7 Å². The lowest BCUT2D eigenvalue weighted by Gasteiger charge is -2.13. The largest absolute Gasteiger partial charge is 0.494 e. The van der Waals surface area contributed by atoms with Crippen molar-refractivity contribution < 1.29 is 14.6 Å². The summed E-state index contributed by atoms with van der Waals surface area (Å²) in [6.45, 7) is 4.39. The van der Waals surface area contributed by atoms with Gasteiger partial charge in [-0.05, 0) is 49.2 Å². The van der Waals surface area contributed by atoms with Crippen LogP contribution in [0.25, 0.3) is 0 Å². The molecule has 9 nitrogen and oxygen atoms in total. The maximum absolute atomic E-state index is 12.9. The first-order valence-electron chi connectivity index (χ1n) is 11.1. The van der Waals surface area contributed by atoms with Crippen LogP contribution in [0.2, 0.25) is 0 Å². The van der Waals surface area contributed by atoms with Gasteiger partial charge in [0, 0.05) is 19.8 Å². The maximum atomic E-state index is 12.9. The molecule has 0 aliphatic carbocycles. The van der Waals surface area contributed by atoms with Crippen LogP contribution >= 0.6 is 11.8 Å². The molecule has 0 saturated carbocycles. The van der Waals surface area contributed by atoms with Crippen molar-refractivity contribution in [2.45, 2.75) is 20.3 Å². The molecule has 2 aromatic carbocycles. The molecule has 3 aromatic rings. The smallest absolute Gasteiger partial charge is 0.333 e. The van der Waals surface area contributed by atoms with Crippen LogP contribution in [-0.2, 0) is 25.3 Å². The van der Waals surface area contributed by atoms with Gasteiger partial charge < -0.3 is 15.2 Å². The van der Waals surface area contributed by atoms with Crippen molar-refractivity contribution in [3.05, 3.63) is 80.5 Å². The number of nitrogens with one attached hydrogen (secondary N) is 1. The molecule has 0 unspecified atom stereocenters. The predicted molar refractivity (Wildman–Crippen MR) is 139 cm³/mol. The minimum atomic E-state index is -0.709. The number of benzene rings is 2. The van der Waals surface area contributed by atoms with Gasteiger partial charge in [0.05, 0.1) is 18.0 Å². The molecule has 1 amide bonds. The number of amides is 1. The minimum absolute atomic E-state index is 0.0701. The number of aliphatic imine (C=N–C) groups is 1. The van der Waals surface area contributed by atoms with Crippen LogP contribution in [0.3, 0.4) is 0 Å². The molecule has 0 saturated heterocycles. The SMILES string of the molecule is CCOc1ccc(N=C(SCC(=O)Nc2ccccc2CC)c2c(O)n(C)c(=O)n(C)c2=O)cc1. The molecule has 0 radical (unpaired) electrons. The third-order valence-electron chi connectivity index (χ3n) is 5.24. The lowest BCUT2D eigenvalue weighted by molar-refractivity contribution is -0.113. The monoisotopic (exact) mass is 496 g/mol. The molecule has 3 rings (SSSR count). The third kappa shape index (κ3) is 6.02. The summed E-state index contributed by atoms with van der Waals surface area (Å²) in [7, 11) is 2.68. The van der Waals surface area contributed by atoms with Gasteiger partial charge in [0.25, 0.3) is 5.56 Å². The molecule has 35 heavy (non-hydrogen) atoms. The Hall–Kier alpha value is -3.79. The number of aromatic hydroxyl groups is 1. The normalized spacial score (nSPS) is 11.4. The summed E-state index contributed by atoms with van der Waals surface area (Å²) >= 11 is 0.994. The van der Waals surface area contributed by atoms with Gasteiger partial charge in [0.1, 0.15) is 16.4 Å². The van der Waals surface area contributed by atoms with E-state index in [1.165, 1.54) is 14.1 Å². The first-order chi connectivity index (χ1) is 16.8. The molecule has 2 N–H and O–H groups in total. The van der Waals surface area contributed by atoms with Crippen molar-refractivity contribution in [3.63, 3.8) is 0 Å². The lowest BCUT2D eigenvalue weighted by atomic mass is 10.1. The molecule has 0 aliphatic rings. The number of thioether (sulfide) groups is 1. The molecule has 1 aromatic heterocycles. The number of anilines is 1. The second-order valence-electron chi connectivity index (χ2n) is 7.60. The van der Waals surface area contributed by atoms with Gasteiger partial charge >= 0.3 is 5.69 Å². The van der Waals surface area contributed by atoms with Crippen LogP contribution in [-0.4, -0.2) is 37.6 Å². The second-order valence-corrected chi connectivity index (χ2v) is 8.56. The molecule has 0 atom stereocenters. The van der Waals surface area contributed by atoms with Gasteiger partial charge in [0.15, 0.2) is 0 Å². The van der Waals surface area contributed by atoms with E-state index in [1.807, 2.05) is 38.1 Å². The Labute approximate surface area is 207 Å². The highest BCUT2D eigenvalue weighted by Gasteiger charge is 2.22. The highest BCUT2D eigenvalue weighted by Crippen LogP contribution is 2.25. The van der Waals surface area contributed by atoms with E-state index < -0.39 is 17.1 Å². The first-order valence-corrected chi connectivity index (χ1v) is 12.1. The Kier molecular flexibility index (Phi) is 8.53. The average Bonchev–Trinajstić information content (AvgIpc) is 2.86. The summed E-state index contributed by atoms with van der Waals surface area (Å²) < 4.78 is 7.30. The summed E-state index contributed by atoms with van der Waals surface area (Å²) in [5.74, 6) is -0.224. The minimum Gasteiger partial charge on any atom is -0.494 e. The van der Waals surface area contributed by atoms with Crippen molar-refractivity contribution in [2.75, 3.05) is 17.7 Å². The summed E-state index contributed by atoms with van der Waals surface area (Å²) in [6.07, 6.45) is 0.760. The molecule has 0 bridgehead atoms. The number of nitrogens with zero attached hydrogens (tertiary/aromatic N) is 3. The Balaban J connectivity index is 1.97. The fourth-order valence-electron chi connectivity index (χ4n) is 3.35. The molecule has 10 heteroatoms. The zero-order chi connectivity index (χ0) is 25.5. The predicted octanol–water partition coefficient (Wildman–Crippen LogP) is 3.20. The van der Waals surface area contributed by atoms with Gasteiger partial charge in [-0.25, -0.2) is 9.79 Å². The molecule has 0 fully saturated rings. The van der Waals surface area contributed by atoms with Crippen LogP contribution in [0.15, 0.2) is 63.1 Å². The highest BCUT2D eigenvalue weighted by atomic mass is 32.2. The molecule has 184 valence electrons. The van der Waals surface area contributed by atoms with E-state index >= 15 is 0 Å². The van der Waals surface area contributed by atoms with Gasteiger partial charge in [-0.15, -0.1) is 0 Å². The van der Waals surface area contributed by atoms with Crippen LogP contribution in [0.4, 0.5) is 11.4 Å². The van der Waals surface area contributed by atoms with E-state index in [-0.39, 0.29) is 22.3 Å². The van der Waals surface area contributed by atoms with Crippen LogP contribution in [0.5, 0.6) is 11.6 Å². The Morgan fingerprint density at radius 3 is 2.40 bits per heavy atom. The van der Waals surface area contributed by atoms with Crippen LogP contribution < -0.4 is 21.3 Å². The van der Waals surface area contributed by atoms with Gasteiger partial charge in [-0.1, -0.05) is 36.9 Å². The highest BCUT2D eigenvalue weighted by molar-refractivity contribution is 8.15. The number of hydrogen-bond acceptors (Lipinski definition) is 7. The van der Waals surface area contributed by atoms with Gasteiger partial charge in [-0.2, -0.15) is 0 Å². The zero-order valence-corrected chi connectivity index (χ0v) is 20.9. The van der Waals surface area contributed by atoms with E-state index in [1.54, 1.807) is 24.3 Å². The molecule has 1 heterocycles. The summed E-state index contributed by atoms with van der Waals surface area (Å²) in [6, 6.07) is 14.4. The number of rotatable bonds is 8. The van der Waals surface area contributed by atoms with Crippen molar-refractivity contribution in [1.82, 2.24) is 9.13 Å². The maximum Gasteiger partial charge on any atom is 0.333 e. The van der Waals surface area contributed by atoms with E-state index in [2.05, 4.69) is 10.3 Å². The van der Waals surface area contributed by atoms with Crippen molar-refractivity contribution >= 4 is 34.1 Å². The molecule has 0 spiro atoms. The summed E-state index contributed by atoms with van der Waals surface area (Å²) in [5, 5.41) is 13.6. The Morgan fingerprint density at radius 1 is 1.06 bits per heavy atom. The Bertz CT molecular complexity index is 1360. The number of para-hydroxylation sites is 1. The van der Waals surface area contributed by atoms with Gasteiger partial charge in [0.2, 0.25) is 11.8 Å². The number of carbonyl (C=O) groups is 1. The number of aryl methyl sites for hydroxylation is 1. The van der Waals surface area contributed by atoms with E-state index in [9.17, 15) is 19.5 Å². The van der Waals surface area contributed by atoms with E-state index in [0.717, 1.165) is 32.9 Å². The van der Waals surface area contributed by atoms with Crippen LogP contribution in [0.1, 0.15) is 25.0 Å². The molecule has 0 aliphatic heterocycles. The van der Waals surface area contributed by atoms with Crippen molar-refractivity contribution in [1.29, 1.82) is 0 Å².